The van der Waals surface area contributed by atoms with E-state index in [0.717, 1.165) is 18.5 Å². The molecule has 8 heteroatoms. The summed E-state index contributed by atoms with van der Waals surface area (Å²) in [6, 6.07) is 12.2. The Labute approximate surface area is 193 Å². The fourth-order valence-electron chi connectivity index (χ4n) is 2.73. The van der Waals surface area contributed by atoms with Crippen molar-refractivity contribution in [3.63, 3.8) is 0 Å². The first-order chi connectivity index (χ1) is 13.5. The van der Waals surface area contributed by atoms with E-state index in [2.05, 4.69) is 20.9 Å². The summed E-state index contributed by atoms with van der Waals surface area (Å²) in [7, 11) is 1.62. The number of amides is 1. The van der Waals surface area contributed by atoms with Crippen molar-refractivity contribution in [1.82, 2.24) is 16.0 Å². The number of benzene rings is 2. The summed E-state index contributed by atoms with van der Waals surface area (Å²) in [5.74, 6) is 0.255. The monoisotopic (exact) mass is 532 g/mol. The van der Waals surface area contributed by atoms with Crippen LogP contribution in [0.25, 0.3) is 0 Å². The quantitative estimate of drug-likeness (QED) is 0.275. The van der Waals surface area contributed by atoms with Gasteiger partial charge in [0.2, 0.25) is 0 Å². The third-order valence-electron chi connectivity index (χ3n) is 4.16. The molecule has 3 N–H and O–H groups in total. The minimum absolute atomic E-state index is 0. The maximum atomic E-state index is 13.8. The predicted octanol–water partition coefficient (Wildman–Crippen LogP) is 3.80. The van der Waals surface area contributed by atoms with Gasteiger partial charge in [0.15, 0.2) is 5.96 Å². The molecule has 0 aliphatic rings. The Bertz CT molecular complexity index is 812. The number of hydrogen-bond donors (Lipinski definition) is 3. The average molecular weight is 533 g/mol. The van der Waals surface area contributed by atoms with Gasteiger partial charge in [0, 0.05) is 42.8 Å². The molecule has 0 atom stereocenters. The lowest BCUT2D eigenvalue weighted by Crippen LogP contribution is -2.38. The Morgan fingerprint density at radius 1 is 1.14 bits per heavy atom. The SMILES string of the molecule is CCNC(=NCCc1c(F)cccc1Cl)NCCc1cccc(C(=O)NC)c1.I. The molecule has 0 heterocycles. The van der Waals surface area contributed by atoms with Crippen molar-refractivity contribution < 1.29 is 9.18 Å². The Morgan fingerprint density at radius 2 is 1.90 bits per heavy atom. The lowest BCUT2D eigenvalue weighted by molar-refractivity contribution is 0.0963. The minimum Gasteiger partial charge on any atom is -0.357 e. The average Bonchev–Trinajstić information content (AvgIpc) is 2.69. The third-order valence-corrected chi connectivity index (χ3v) is 4.51. The highest BCUT2D eigenvalue weighted by molar-refractivity contribution is 14.0. The van der Waals surface area contributed by atoms with Crippen LogP contribution in [-0.4, -0.2) is 38.5 Å². The van der Waals surface area contributed by atoms with E-state index < -0.39 is 0 Å². The van der Waals surface area contributed by atoms with Crippen LogP contribution in [0.1, 0.15) is 28.4 Å². The molecule has 2 aromatic carbocycles. The highest BCUT2D eigenvalue weighted by atomic mass is 127. The summed E-state index contributed by atoms with van der Waals surface area (Å²) in [5.41, 5.74) is 2.18. The number of carbonyl (C=O) groups is 1. The number of halogens is 3. The third kappa shape index (κ3) is 8.18. The first-order valence-electron chi connectivity index (χ1n) is 9.31. The second kappa shape index (κ2) is 13.4. The zero-order valence-corrected chi connectivity index (χ0v) is 19.7. The van der Waals surface area contributed by atoms with Gasteiger partial charge in [0.05, 0.1) is 0 Å². The van der Waals surface area contributed by atoms with Gasteiger partial charge < -0.3 is 16.0 Å². The number of nitrogens with zero attached hydrogens (tertiary/aromatic N) is 1. The lowest BCUT2D eigenvalue weighted by Gasteiger charge is -2.12. The van der Waals surface area contributed by atoms with E-state index in [4.69, 9.17) is 11.6 Å². The van der Waals surface area contributed by atoms with E-state index in [0.29, 0.717) is 41.6 Å². The van der Waals surface area contributed by atoms with E-state index in [1.54, 1.807) is 25.2 Å². The van der Waals surface area contributed by atoms with Crippen LogP contribution < -0.4 is 16.0 Å². The number of aliphatic imine (C=N–C) groups is 1. The summed E-state index contributed by atoms with van der Waals surface area (Å²) >= 11 is 6.05. The van der Waals surface area contributed by atoms with E-state index >= 15 is 0 Å². The Hall–Kier alpha value is -1.87. The summed E-state index contributed by atoms with van der Waals surface area (Å²) in [6.45, 7) is 3.78. The number of guanidine groups is 1. The molecule has 0 unspecified atom stereocenters. The molecule has 0 aromatic heterocycles. The zero-order valence-electron chi connectivity index (χ0n) is 16.6. The van der Waals surface area contributed by atoms with Gasteiger partial charge in [0.25, 0.3) is 5.91 Å². The largest absolute Gasteiger partial charge is 0.357 e. The lowest BCUT2D eigenvalue weighted by atomic mass is 10.1. The molecule has 5 nitrogen and oxygen atoms in total. The highest BCUT2D eigenvalue weighted by Gasteiger charge is 2.07. The molecule has 158 valence electrons. The van der Waals surface area contributed by atoms with Crippen LogP contribution >= 0.6 is 35.6 Å². The Morgan fingerprint density at radius 3 is 2.59 bits per heavy atom. The zero-order chi connectivity index (χ0) is 20.4. The number of nitrogens with one attached hydrogen (secondary N) is 3. The van der Waals surface area contributed by atoms with Gasteiger partial charge in [-0.15, -0.1) is 24.0 Å². The van der Waals surface area contributed by atoms with E-state index in [-0.39, 0.29) is 35.7 Å². The molecule has 0 spiro atoms. The maximum Gasteiger partial charge on any atom is 0.251 e. The second-order valence-corrected chi connectivity index (χ2v) is 6.57. The minimum atomic E-state index is -0.309. The van der Waals surface area contributed by atoms with Crippen LogP contribution in [-0.2, 0) is 12.8 Å². The molecule has 2 aromatic rings. The van der Waals surface area contributed by atoms with Gasteiger partial charge in [-0.05, 0) is 49.6 Å². The van der Waals surface area contributed by atoms with Crippen LogP contribution in [0.3, 0.4) is 0 Å². The second-order valence-electron chi connectivity index (χ2n) is 6.17. The van der Waals surface area contributed by atoms with Crippen molar-refractivity contribution in [3.8, 4) is 0 Å². The molecule has 0 aliphatic carbocycles. The Kier molecular flexibility index (Phi) is 11.6. The van der Waals surface area contributed by atoms with Crippen molar-refractivity contribution in [2.75, 3.05) is 26.7 Å². The van der Waals surface area contributed by atoms with Crippen LogP contribution in [0.2, 0.25) is 5.02 Å². The van der Waals surface area contributed by atoms with Gasteiger partial charge in [-0.3, -0.25) is 9.79 Å². The molecular weight excluding hydrogens is 506 g/mol. The van der Waals surface area contributed by atoms with E-state index in [1.807, 2.05) is 25.1 Å². The van der Waals surface area contributed by atoms with Crippen molar-refractivity contribution in [2.45, 2.75) is 19.8 Å². The molecular formula is C21H27ClFIN4O. The fraction of sp³-hybridized carbons (Fsp3) is 0.333. The molecule has 0 radical (unpaired) electrons. The molecule has 1 amide bonds. The first-order valence-corrected chi connectivity index (χ1v) is 9.69. The van der Waals surface area contributed by atoms with Gasteiger partial charge in [0.1, 0.15) is 5.82 Å². The summed E-state index contributed by atoms with van der Waals surface area (Å²) < 4.78 is 13.8. The van der Waals surface area contributed by atoms with Crippen molar-refractivity contribution >= 4 is 47.4 Å². The maximum absolute atomic E-state index is 13.8. The van der Waals surface area contributed by atoms with Crippen LogP contribution in [0, 0.1) is 5.82 Å². The number of carbonyl (C=O) groups excluding carboxylic acids is 1. The molecule has 2 rings (SSSR count). The summed E-state index contributed by atoms with van der Waals surface area (Å²) in [6.07, 6.45) is 1.17. The molecule has 0 saturated carbocycles. The number of rotatable bonds is 8. The molecule has 0 bridgehead atoms. The van der Waals surface area contributed by atoms with E-state index in [1.165, 1.54) is 6.07 Å². The molecule has 29 heavy (non-hydrogen) atoms. The van der Waals surface area contributed by atoms with Crippen molar-refractivity contribution in [1.29, 1.82) is 0 Å². The Balaban J connectivity index is 0.00000420. The first kappa shape index (κ1) is 25.2. The van der Waals surface area contributed by atoms with Gasteiger partial charge in [-0.1, -0.05) is 29.8 Å². The predicted molar refractivity (Wildman–Crippen MR) is 128 cm³/mol. The highest BCUT2D eigenvalue weighted by Crippen LogP contribution is 2.19. The molecule has 0 saturated heterocycles. The van der Waals surface area contributed by atoms with Crippen molar-refractivity contribution in [2.24, 2.45) is 4.99 Å². The van der Waals surface area contributed by atoms with Gasteiger partial charge in [-0.25, -0.2) is 4.39 Å². The van der Waals surface area contributed by atoms with Gasteiger partial charge in [-0.2, -0.15) is 0 Å². The van der Waals surface area contributed by atoms with Crippen LogP contribution in [0.15, 0.2) is 47.5 Å². The topological polar surface area (TPSA) is 65.5 Å². The smallest absolute Gasteiger partial charge is 0.251 e. The van der Waals surface area contributed by atoms with Crippen LogP contribution in [0.4, 0.5) is 4.39 Å². The van der Waals surface area contributed by atoms with E-state index in [9.17, 15) is 9.18 Å². The fourth-order valence-corrected chi connectivity index (χ4v) is 2.99. The van der Waals surface area contributed by atoms with Gasteiger partial charge >= 0.3 is 0 Å². The normalized spacial score (nSPS) is 10.8. The summed E-state index contributed by atoms with van der Waals surface area (Å²) in [5, 5.41) is 9.47. The number of hydrogen-bond acceptors (Lipinski definition) is 2. The summed E-state index contributed by atoms with van der Waals surface area (Å²) in [4.78, 5) is 16.2. The standard InChI is InChI=1S/C21H26ClFN4O.HI/c1-3-25-21(27-13-11-17-18(22)8-5-9-19(17)23)26-12-10-15-6-4-7-16(14-15)20(28)24-2;/h4-9,14H,3,10-13H2,1-2H3,(H,24,28)(H2,25,26,27);1H. The van der Waals surface area contributed by atoms with Crippen LogP contribution in [0.5, 0.6) is 0 Å². The van der Waals surface area contributed by atoms with Crippen molar-refractivity contribution in [3.05, 3.63) is 70.0 Å². The molecule has 0 aliphatic heterocycles. The molecule has 0 fully saturated rings.